The van der Waals surface area contributed by atoms with Gasteiger partial charge in [-0.1, -0.05) is 41.1 Å². The summed E-state index contributed by atoms with van der Waals surface area (Å²) >= 11 is 7.40. The first-order valence-electron chi connectivity index (χ1n) is 11.8. The SMILES string of the molecule is COc1ccccc1[C@@H]1C(C(C)=O)=C(C)N=c2sc(=Cc3cc(C)n(-c4ccc(Cl)cc4)c3C)c(=O)n21. The summed E-state index contributed by atoms with van der Waals surface area (Å²) in [6.45, 7) is 7.39. The monoisotopic (exact) mass is 531 g/mol. The quantitative estimate of drug-likeness (QED) is 0.368. The molecule has 0 unspecified atom stereocenters. The van der Waals surface area contributed by atoms with Gasteiger partial charge in [0, 0.05) is 38.9 Å². The molecule has 6 nitrogen and oxygen atoms in total. The number of methoxy groups -OCH3 is 1. The van der Waals surface area contributed by atoms with Gasteiger partial charge >= 0.3 is 0 Å². The van der Waals surface area contributed by atoms with E-state index in [4.69, 9.17) is 16.3 Å². The van der Waals surface area contributed by atoms with Crippen molar-refractivity contribution in [3.05, 3.63) is 113 Å². The molecule has 1 aliphatic rings. The Bertz CT molecular complexity index is 1760. The van der Waals surface area contributed by atoms with Crippen LogP contribution in [0.25, 0.3) is 11.8 Å². The van der Waals surface area contributed by atoms with Crippen LogP contribution in [0.15, 0.2) is 75.7 Å². The van der Waals surface area contributed by atoms with Crippen LogP contribution in [0, 0.1) is 13.8 Å². The largest absolute Gasteiger partial charge is 0.496 e. The van der Waals surface area contributed by atoms with E-state index in [0.29, 0.717) is 31.4 Å². The van der Waals surface area contributed by atoms with Gasteiger partial charge in [-0.05, 0) is 75.7 Å². The predicted octanol–water partition coefficient (Wildman–Crippen LogP) is 4.89. The molecular formula is C29H26ClN3O3S. The Morgan fingerprint density at radius 3 is 2.49 bits per heavy atom. The number of Topliss-reactive ketones (excluding diaryl/α,β-unsaturated/α-hetero) is 1. The summed E-state index contributed by atoms with van der Waals surface area (Å²) in [7, 11) is 1.59. The first-order valence-corrected chi connectivity index (χ1v) is 13.0. The number of thiazole rings is 1. The third kappa shape index (κ3) is 4.28. The van der Waals surface area contributed by atoms with Crippen molar-refractivity contribution in [3.8, 4) is 11.4 Å². The maximum absolute atomic E-state index is 13.9. The normalized spacial score (nSPS) is 15.5. The van der Waals surface area contributed by atoms with Crippen LogP contribution in [-0.4, -0.2) is 22.0 Å². The molecule has 5 rings (SSSR count). The van der Waals surface area contributed by atoms with Gasteiger partial charge in [0.25, 0.3) is 5.56 Å². The highest BCUT2D eigenvalue weighted by Crippen LogP contribution is 2.35. The molecule has 0 fully saturated rings. The van der Waals surface area contributed by atoms with Crippen LogP contribution in [0.3, 0.4) is 0 Å². The molecule has 0 amide bonds. The second-order valence-electron chi connectivity index (χ2n) is 9.02. The van der Waals surface area contributed by atoms with Gasteiger partial charge in [0.15, 0.2) is 10.6 Å². The van der Waals surface area contributed by atoms with Gasteiger partial charge in [0.1, 0.15) is 5.75 Å². The fraction of sp³-hybridized carbons (Fsp3) is 0.207. The number of allylic oxidation sites excluding steroid dienone is 2. The van der Waals surface area contributed by atoms with E-state index >= 15 is 0 Å². The second-order valence-corrected chi connectivity index (χ2v) is 10.5. The molecule has 8 heteroatoms. The maximum atomic E-state index is 13.9. The van der Waals surface area contributed by atoms with E-state index in [1.165, 1.54) is 18.3 Å². The number of hydrogen-bond acceptors (Lipinski definition) is 5. The second kappa shape index (κ2) is 9.65. The number of halogens is 1. The lowest BCUT2D eigenvalue weighted by atomic mass is 9.93. The third-order valence-electron chi connectivity index (χ3n) is 6.68. The number of aryl methyl sites for hydroxylation is 1. The van der Waals surface area contributed by atoms with Crippen molar-refractivity contribution in [1.29, 1.82) is 0 Å². The van der Waals surface area contributed by atoms with Crippen LogP contribution in [0.5, 0.6) is 5.75 Å². The molecule has 1 aliphatic heterocycles. The predicted molar refractivity (Wildman–Crippen MR) is 148 cm³/mol. The number of ketones is 1. The summed E-state index contributed by atoms with van der Waals surface area (Å²) in [5.41, 5.74) is 5.64. The first-order chi connectivity index (χ1) is 17.7. The van der Waals surface area contributed by atoms with Crippen molar-refractivity contribution in [2.75, 3.05) is 7.11 Å². The molecule has 0 radical (unpaired) electrons. The lowest BCUT2D eigenvalue weighted by Crippen LogP contribution is -2.39. The summed E-state index contributed by atoms with van der Waals surface area (Å²) < 4.78 is 9.91. The summed E-state index contributed by atoms with van der Waals surface area (Å²) in [6.07, 6.45) is 1.91. The number of para-hydroxylation sites is 1. The Morgan fingerprint density at radius 1 is 1.11 bits per heavy atom. The number of rotatable bonds is 5. The fourth-order valence-electron chi connectivity index (χ4n) is 5.02. The molecule has 0 saturated carbocycles. The van der Waals surface area contributed by atoms with Crippen LogP contribution in [0.4, 0.5) is 0 Å². The van der Waals surface area contributed by atoms with Gasteiger partial charge < -0.3 is 9.30 Å². The molecule has 0 N–H and O–H groups in total. The summed E-state index contributed by atoms with van der Waals surface area (Å²) in [6, 6.07) is 16.6. The van der Waals surface area contributed by atoms with E-state index in [0.717, 1.165) is 28.2 Å². The van der Waals surface area contributed by atoms with Crippen molar-refractivity contribution >= 4 is 34.8 Å². The molecule has 4 aromatic rings. The Labute approximate surface area is 223 Å². The molecule has 0 aliphatic carbocycles. The number of aromatic nitrogens is 2. The molecule has 188 valence electrons. The lowest BCUT2D eigenvalue weighted by Gasteiger charge is -2.25. The zero-order valence-electron chi connectivity index (χ0n) is 21.2. The van der Waals surface area contributed by atoms with Crippen LogP contribution in [0.1, 0.15) is 42.4 Å². The van der Waals surface area contributed by atoms with Crippen LogP contribution < -0.4 is 19.6 Å². The summed E-state index contributed by atoms with van der Waals surface area (Å²) in [4.78, 5) is 31.9. The van der Waals surface area contributed by atoms with Gasteiger partial charge in [-0.2, -0.15) is 0 Å². The minimum atomic E-state index is -0.617. The number of carbonyl (C=O) groups is 1. The molecule has 0 bridgehead atoms. The van der Waals surface area contributed by atoms with E-state index in [1.54, 1.807) is 11.7 Å². The number of benzene rings is 2. The first kappa shape index (κ1) is 25.0. The van der Waals surface area contributed by atoms with Crippen LogP contribution >= 0.6 is 22.9 Å². The Kier molecular flexibility index (Phi) is 6.52. The highest BCUT2D eigenvalue weighted by atomic mass is 35.5. The number of hydrogen-bond donors (Lipinski definition) is 0. The maximum Gasteiger partial charge on any atom is 0.271 e. The van der Waals surface area contributed by atoms with Gasteiger partial charge in [-0.3, -0.25) is 14.2 Å². The van der Waals surface area contributed by atoms with Crippen molar-refractivity contribution in [2.24, 2.45) is 4.99 Å². The molecular weight excluding hydrogens is 506 g/mol. The van der Waals surface area contributed by atoms with Gasteiger partial charge in [-0.25, -0.2) is 4.99 Å². The van der Waals surface area contributed by atoms with Crippen LogP contribution in [-0.2, 0) is 4.79 Å². The lowest BCUT2D eigenvalue weighted by molar-refractivity contribution is -0.114. The van der Waals surface area contributed by atoms with Crippen LogP contribution in [0.2, 0.25) is 5.02 Å². The zero-order valence-corrected chi connectivity index (χ0v) is 22.8. The van der Waals surface area contributed by atoms with E-state index in [-0.39, 0.29) is 11.3 Å². The molecule has 37 heavy (non-hydrogen) atoms. The number of fused-ring (bicyclic) bond motifs is 1. The average molecular weight is 532 g/mol. The van der Waals surface area contributed by atoms with E-state index in [9.17, 15) is 9.59 Å². The number of nitrogens with zero attached hydrogens (tertiary/aromatic N) is 3. The zero-order chi connectivity index (χ0) is 26.4. The molecule has 2 aromatic heterocycles. The molecule has 1 atom stereocenters. The Morgan fingerprint density at radius 2 is 1.81 bits per heavy atom. The molecule has 0 saturated heterocycles. The standard InChI is InChI=1S/C29H26ClN3O3S/c1-16-14-20(18(3)32(16)22-12-10-21(30)11-13-22)15-25-28(35)33-27(23-8-6-7-9-24(23)36-5)26(19(4)34)17(2)31-29(33)37-25/h6-15,27H,1-5H3/t27-/m1/s1. The van der Waals surface area contributed by atoms with Crippen molar-refractivity contribution in [3.63, 3.8) is 0 Å². The minimum Gasteiger partial charge on any atom is -0.496 e. The summed E-state index contributed by atoms with van der Waals surface area (Å²) in [5, 5.41) is 0.678. The Hall–Kier alpha value is -3.68. The van der Waals surface area contributed by atoms with E-state index < -0.39 is 6.04 Å². The molecule has 3 heterocycles. The fourth-order valence-corrected chi connectivity index (χ4v) is 6.18. The minimum absolute atomic E-state index is 0.127. The average Bonchev–Trinajstić information content (AvgIpc) is 3.33. The van der Waals surface area contributed by atoms with Crippen molar-refractivity contribution in [2.45, 2.75) is 33.7 Å². The van der Waals surface area contributed by atoms with E-state index in [2.05, 4.69) is 15.6 Å². The van der Waals surface area contributed by atoms with Crippen molar-refractivity contribution in [1.82, 2.24) is 9.13 Å². The van der Waals surface area contributed by atoms with Gasteiger partial charge in [0.05, 0.1) is 17.7 Å². The topological polar surface area (TPSA) is 65.6 Å². The molecule has 0 spiro atoms. The number of carbonyl (C=O) groups excluding carboxylic acids is 1. The Balaban J connectivity index is 1.72. The molecule has 2 aromatic carbocycles. The van der Waals surface area contributed by atoms with Crippen molar-refractivity contribution < 1.29 is 9.53 Å². The highest BCUT2D eigenvalue weighted by molar-refractivity contribution is 7.07. The van der Waals surface area contributed by atoms with Gasteiger partial charge in [-0.15, -0.1) is 0 Å². The third-order valence-corrected chi connectivity index (χ3v) is 7.91. The van der Waals surface area contributed by atoms with Gasteiger partial charge in [0.2, 0.25) is 0 Å². The highest BCUT2D eigenvalue weighted by Gasteiger charge is 2.32. The smallest absolute Gasteiger partial charge is 0.271 e. The number of ether oxygens (including phenoxy) is 1. The van der Waals surface area contributed by atoms with E-state index in [1.807, 2.05) is 75.4 Å². The summed E-state index contributed by atoms with van der Waals surface area (Å²) in [5.74, 6) is 0.486.